The third-order valence-electron chi connectivity index (χ3n) is 3.10. The van der Waals surface area contributed by atoms with Gasteiger partial charge >= 0.3 is 0 Å². The predicted molar refractivity (Wildman–Crippen MR) is 81.5 cm³/mol. The molecule has 0 aromatic carbocycles. The van der Waals surface area contributed by atoms with Gasteiger partial charge in [-0.25, -0.2) is 0 Å². The lowest BCUT2D eigenvalue weighted by atomic mass is 10.3. The van der Waals surface area contributed by atoms with Crippen molar-refractivity contribution in [1.29, 1.82) is 0 Å². The summed E-state index contributed by atoms with van der Waals surface area (Å²) in [7, 11) is 0. The smallest absolute Gasteiger partial charge is 0.244 e. The van der Waals surface area contributed by atoms with Crippen LogP contribution in [0.25, 0.3) is 0 Å². The van der Waals surface area contributed by atoms with E-state index in [9.17, 15) is 4.79 Å². The van der Waals surface area contributed by atoms with Gasteiger partial charge in [0.15, 0.2) is 0 Å². The molecule has 6 nitrogen and oxygen atoms in total. The molecule has 1 N–H and O–H groups in total. The molecule has 2 aromatic heterocycles. The van der Waals surface area contributed by atoms with E-state index in [2.05, 4.69) is 15.5 Å². The number of nitrogens with one attached hydrogen (secondary N) is 1. The van der Waals surface area contributed by atoms with E-state index in [-0.39, 0.29) is 11.9 Å². The predicted octanol–water partition coefficient (Wildman–Crippen LogP) is 2.46. The molecule has 1 unspecified atom stereocenters. The Bertz CT molecular complexity index is 602. The van der Waals surface area contributed by atoms with Crippen molar-refractivity contribution in [2.24, 2.45) is 0 Å². The number of hydrogen-bond donors (Lipinski definition) is 1. The van der Waals surface area contributed by atoms with Gasteiger partial charge in [-0.3, -0.25) is 14.2 Å². The molecule has 0 aliphatic heterocycles. The summed E-state index contributed by atoms with van der Waals surface area (Å²) in [4.78, 5) is 12.0. The Morgan fingerprint density at radius 3 is 2.76 bits per heavy atom. The molecule has 0 radical (unpaired) electrons. The molecule has 1 amide bonds. The largest absolute Gasteiger partial charge is 0.354 e. The third kappa shape index (κ3) is 4.22. The van der Waals surface area contributed by atoms with Crippen LogP contribution in [0.3, 0.4) is 0 Å². The molecule has 0 aliphatic carbocycles. The quantitative estimate of drug-likeness (QED) is 0.828. The van der Waals surface area contributed by atoms with Gasteiger partial charge in [-0.15, -0.1) is 0 Å². The Balaban J connectivity index is 1.74. The van der Waals surface area contributed by atoms with E-state index >= 15 is 0 Å². The first kappa shape index (κ1) is 15.9. The molecule has 0 bridgehead atoms. The third-order valence-corrected chi connectivity index (χ3v) is 3.66. The first-order chi connectivity index (χ1) is 9.97. The maximum atomic E-state index is 12.0. The molecule has 2 aromatic rings. The Morgan fingerprint density at radius 1 is 1.43 bits per heavy atom. The standard InChI is InChI=1S/C13H17Cl2N5O/c1-9-12(15)8-19(18-9)5-3-4-16-13(21)10(2)20-7-11(14)6-17-20/h6-8,10H,3-5H2,1-2H3,(H,16,21). The number of aromatic nitrogens is 4. The Hall–Kier alpha value is -1.53. The minimum absolute atomic E-state index is 0.0931. The zero-order valence-electron chi connectivity index (χ0n) is 11.9. The normalized spacial score (nSPS) is 12.4. The van der Waals surface area contributed by atoms with Gasteiger partial charge in [0.2, 0.25) is 5.91 Å². The molecule has 0 saturated carbocycles. The molecule has 0 spiro atoms. The van der Waals surface area contributed by atoms with Crippen LogP contribution in [0, 0.1) is 6.92 Å². The lowest BCUT2D eigenvalue weighted by Crippen LogP contribution is -2.32. The van der Waals surface area contributed by atoms with Gasteiger partial charge in [-0.2, -0.15) is 10.2 Å². The highest BCUT2D eigenvalue weighted by Crippen LogP contribution is 2.12. The number of carbonyl (C=O) groups excluding carboxylic acids is 1. The van der Waals surface area contributed by atoms with Crippen molar-refractivity contribution < 1.29 is 4.79 Å². The first-order valence-corrected chi connectivity index (χ1v) is 7.40. The molecular weight excluding hydrogens is 313 g/mol. The number of aryl methyl sites for hydroxylation is 2. The fraction of sp³-hybridized carbons (Fsp3) is 0.462. The van der Waals surface area contributed by atoms with Crippen LogP contribution in [0.5, 0.6) is 0 Å². The number of halogens is 2. The maximum Gasteiger partial charge on any atom is 0.244 e. The minimum atomic E-state index is -0.390. The van der Waals surface area contributed by atoms with Crippen LogP contribution in [0.15, 0.2) is 18.6 Å². The highest BCUT2D eigenvalue weighted by Gasteiger charge is 2.15. The maximum absolute atomic E-state index is 12.0. The number of hydrogen-bond acceptors (Lipinski definition) is 3. The lowest BCUT2D eigenvalue weighted by Gasteiger charge is -2.12. The Morgan fingerprint density at radius 2 is 2.19 bits per heavy atom. The molecule has 2 heterocycles. The number of amides is 1. The average Bonchev–Trinajstić information content (AvgIpc) is 3.00. The van der Waals surface area contributed by atoms with Crippen molar-refractivity contribution in [1.82, 2.24) is 24.9 Å². The highest BCUT2D eigenvalue weighted by atomic mass is 35.5. The summed E-state index contributed by atoms with van der Waals surface area (Å²) >= 11 is 11.7. The van der Waals surface area contributed by atoms with E-state index in [0.29, 0.717) is 23.1 Å². The molecule has 2 rings (SSSR count). The first-order valence-electron chi connectivity index (χ1n) is 6.64. The second-order valence-corrected chi connectivity index (χ2v) is 5.63. The summed E-state index contributed by atoms with van der Waals surface area (Å²) in [5.74, 6) is -0.0931. The van der Waals surface area contributed by atoms with Crippen LogP contribution in [-0.4, -0.2) is 32.0 Å². The van der Waals surface area contributed by atoms with E-state index in [4.69, 9.17) is 23.2 Å². The van der Waals surface area contributed by atoms with E-state index in [1.165, 1.54) is 10.9 Å². The van der Waals surface area contributed by atoms with Gasteiger partial charge in [0.05, 0.1) is 21.9 Å². The Kier molecular flexibility index (Phi) is 5.25. The fourth-order valence-corrected chi connectivity index (χ4v) is 2.15. The number of nitrogens with zero attached hydrogens (tertiary/aromatic N) is 4. The summed E-state index contributed by atoms with van der Waals surface area (Å²) in [6, 6.07) is -0.390. The van der Waals surface area contributed by atoms with Crippen LogP contribution in [0.2, 0.25) is 10.0 Å². The van der Waals surface area contributed by atoms with Gasteiger partial charge in [0, 0.05) is 25.5 Å². The second-order valence-electron chi connectivity index (χ2n) is 4.78. The summed E-state index contributed by atoms with van der Waals surface area (Å²) in [6.07, 6.45) is 5.69. The fourth-order valence-electron chi connectivity index (χ4n) is 1.86. The van der Waals surface area contributed by atoms with Crippen molar-refractivity contribution >= 4 is 29.1 Å². The lowest BCUT2D eigenvalue weighted by molar-refractivity contribution is -0.124. The topological polar surface area (TPSA) is 64.7 Å². The molecule has 1 atom stereocenters. The van der Waals surface area contributed by atoms with Crippen molar-refractivity contribution in [2.75, 3.05) is 6.54 Å². The zero-order chi connectivity index (χ0) is 15.4. The molecule has 0 saturated heterocycles. The van der Waals surface area contributed by atoms with Crippen molar-refractivity contribution in [3.8, 4) is 0 Å². The van der Waals surface area contributed by atoms with Gasteiger partial charge < -0.3 is 5.32 Å². The zero-order valence-corrected chi connectivity index (χ0v) is 13.4. The van der Waals surface area contributed by atoms with Crippen molar-refractivity contribution in [2.45, 2.75) is 32.9 Å². The van der Waals surface area contributed by atoms with Crippen molar-refractivity contribution in [3.05, 3.63) is 34.3 Å². The number of carbonyl (C=O) groups is 1. The highest BCUT2D eigenvalue weighted by molar-refractivity contribution is 6.31. The van der Waals surface area contributed by atoms with E-state index in [0.717, 1.165) is 12.1 Å². The van der Waals surface area contributed by atoms with E-state index in [1.54, 1.807) is 24.0 Å². The van der Waals surface area contributed by atoms with Crippen LogP contribution < -0.4 is 5.32 Å². The van der Waals surface area contributed by atoms with Gasteiger partial charge in [-0.05, 0) is 20.3 Å². The average molecular weight is 330 g/mol. The van der Waals surface area contributed by atoms with E-state index < -0.39 is 0 Å². The SMILES string of the molecule is Cc1nn(CCCNC(=O)C(C)n2cc(Cl)cn2)cc1Cl. The summed E-state index contributed by atoms with van der Waals surface area (Å²) in [6.45, 7) is 4.90. The van der Waals surface area contributed by atoms with Gasteiger partial charge in [-0.1, -0.05) is 23.2 Å². The van der Waals surface area contributed by atoms with Gasteiger partial charge in [0.1, 0.15) is 6.04 Å². The van der Waals surface area contributed by atoms with Crippen LogP contribution in [0.1, 0.15) is 25.1 Å². The van der Waals surface area contributed by atoms with Crippen molar-refractivity contribution in [3.63, 3.8) is 0 Å². The van der Waals surface area contributed by atoms with Crippen LogP contribution >= 0.6 is 23.2 Å². The molecule has 0 aliphatic rings. The Labute approximate surface area is 133 Å². The van der Waals surface area contributed by atoms with Crippen LogP contribution in [-0.2, 0) is 11.3 Å². The second kappa shape index (κ2) is 6.95. The monoisotopic (exact) mass is 329 g/mol. The summed E-state index contributed by atoms with van der Waals surface area (Å²) in [5.41, 5.74) is 0.810. The van der Waals surface area contributed by atoms with E-state index in [1.807, 2.05) is 6.92 Å². The van der Waals surface area contributed by atoms with Crippen LogP contribution in [0.4, 0.5) is 0 Å². The summed E-state index contributed by atoms with van der Waals surface area (Å²) in [5, 5.41) is 12.3. The molecule has 21 heavy (non-hydrogen) atoms. The minimum Gasteiger partial charge on any atom is -0.354 e. The molecule has 0 fully saturated rings. The summed E-state index contributed by atoms with van der Waals surface area (Å²) < 4.78 is 3.31. The molecule has 8 heteroatoms. The molecule has 114 valence electrons. The number of rotatable bonds is 6. The molecular formula is C13H17Cl2N5O. The van der Waals surface area contributed by atoms with Gasteiger partial charge in [0.25, 0.3) is 0 Å².